The minimum Gasteiger partial charge on any atom is -0.480 e. The van der Waals surface area contributed by atoms with Crippen molar-refractivity contribution in [1.82, 2.24) is 0 Å². The number of thiophene rings is 1. The predicted octanol–water partition coefficient (Wildman–Crippen LogP) is 6.94. The molecule has 1 amide bonds. The van der Waals surface area contributed by atoms with Crippen LogP contribution >= 0.6 is 49.9 Å². The first kappa shape index (κ1) is 25.8. The van der Waals surface area contributed by atoms with Crippen molar-refractivity contribution in [3.8, 4) is 5.75 Å². The number of ether oxygens (including phenoxy) is 2. The van der Waals surface area contributed by atoms with Crippen LogP contribution in [0.5, 0.6) is 5.75 Å². The topological polar surface area (TPSA) is 77.0 Å². The summed E-state index contributed by atoms with van der Waals surface area (Å²) in [5.41, 5.74) is 3.20. The Morgan fingerprint density at radius 3 is 2.74 bits per heavy atom. The number of nitrogens with one attached hydrogen (secondary N) is 1. The van der Waals surface area contributed by atoms with Crippen molar-refractivity contribution < 1.29 is 19.1 Å². The highest BCUT2D eigenvalue weighted by molar-refractivity contribution is 14.1. The van der Waals surface area contributed by atoms with Gasteiger partial charge in [-0.25, -0.2) is 9.79 Å². The van der Waals surface area contributed by atoms with Gasteiger partial charge in [-0.05, 0) is 85.0 Å². The number of esters is 1. The number of hydrogen-bond acceptors (Lipinski definition) is 6. The molecule has 1 aliphatic carbocycles. The molecule has 0 radical (unpaired) electrons. The van der Waals surface area contributed by atoms with Crippen LogP contribution in [0.1, 0.15) is 46.1 Å². The van der Waals surface area contributed by atoms with E-state index >= 15 is 0 Å². The Morgan fingerprint density at radius 1 is 1.20 bits per heavy atom. The Kier molecular flexibility index (Phi) is 8.96. The number of aryl methyl sites for hydroxylation is 1. The normalized spacial score (nSPS) is 12.9. The van der Waals surface area contributed by atoms with Gasteiger partial charge in [-0.1, -0.05) is 34.1 Å². The molecule has 0 atom stereocenters. The zero-order valence-electron chi connectivity index (χ0n) is 19.1. The second-order valence-electron chi connectivity index (χ2n) is 7.87. The molecule has 182 valence electrons. The van der Waals surface area contributed by atoms with Crippen molar-refractivity contribution in [2.24, 2.45) is 4.99 Å². The first-order valence-corrected chi connectivity index (χ1v) is 14.0. The lowest BCUT2D eigenvalue weighted by Crippen LogP contribution is -2.16. The van der Waals surface area contributed by atoms with E-state index in [2.05, 4.69) is 43.8 Å². The number of rotatable bonds is 8. The van der Waals surface area contributed by atoms with Crippen LogP contribution in [0.3, 0.4) is 0 Å². The highest BCUT2D eigenvalue weighted by atomic mass is 127. The van der Waals surface area contributed by atoms with Gasteiger partial charge in [0, 0.05) is 26.8 Å². The number of hydrogen-bond donors (Lipinski definition) is 1. The maximum atomic E-state index is 13.3. The van der Waals surface area contributed by atoms with E-state index in [1.165, 1.54) is 4.88 Å². The van der Waals surface area contributed by atoms with Gasteiger partial charge in [-0.2, -0.15) is 0 Å². The summed E-state index contributed by atoms with van der Waals surface area (Å²) >= 11 is 7.26. The molecule has 1 aromatic heterocycles. The van der Waals surface area contributed by atoms with Gasteiger partial charge in [-0.15, -0.1) is 11.3 Å². The third kappa shape index (κ3) is 6.50. The van der Waals surface area contributed by atoms with E-state index < -0.39 is 5.97 Å². The van der Waals surface area contributed by atoms with Gasteiger partial charge in [0.15, 0.2) is 6.61 Å². The number of aliphatic imine (C=N–C) groups is 1. The lowest BCUT2D eigenvalue weighted by atomic mass is 9.95. The molecule has 1 heterocycles. The molecule has 1 aliphatic rings. The fourth-order valence-corrected chi connectivity index (χ4v) is 6.82. The van der Waals surface area contributed by atoms with Gasteiger partial charge in [-0.3, -0.25) is 4.79 Å². The average molecular weight is 667 g/mol. The number of para-hydroxylation sites is 1. The second-order valence-corrected chi connectivity index (χ2v) is 11.0. The molecule has 2 aromatic carbocycles. The molecule has 0 fully saturated rings. The van der Waals surface area contributed by atoms with E-state index in [0.29, 0.717) is 28.5 Å². The van der Waals surface area contributed by atoms with Gasteiger partial charge in [0.2, 0.25) is 0 Å². The minimum atomic E-state index is -0.431. The van der Waals surface area contributed by atoms with E-state index in [-0.39, 0.29) is 12.5 Å². The molecule has 4 rings (SSSR count). The van der Waals surface area contributed by atoms with Crippen molar-refractivity contribution in [1.29, 1.82) is 0 Å². The fourth-order valence-electron chi connectivity index (χ4n) is 3.88. The van der Waals surface area contributed by atoms with Crippen LogP contribution in [0, 0.1) is 3.57 Å². The van der Waals surface area contributed by atoms with Crippen molar-refractivity contribution >= 4 is 78.6 Å². The summed E-state index contributed by atoms with van der Waals surface area (Å²) < 4.78 is 12.5. The summed E-state index contributed by atoms with van der Waals surface area (Å²) in [7, 11) is 0. The fraction of sp³-hybridized carbons (Fsp3) is 0.269. The monoisotopic (exact) mass is 666 g/mol. The number of carbonyl (C=O) groups excluding carboxylic acids is 2. The Labute approximate surface area is 230 Å². The molecule has 0 unspecified atom stereocenters. The van der Waals surface area contributed by atoms with E-state index in [1.54, 1.807) is 24.5 Å². The summed E-state index contributed by atoms with van der Waals surface area (Å²) in [6, 6.07) is 13.2. The van der Waals surface area contributed by atoms with Crippen LogP contribution < -0.4 is 10.1 Å². The number of nitrogens with zero attached hydrogens (tertiary/aromatic N) is 1. The van der Waals surface area contributed by atoms with Crippen LogP contribution in [0.25, 0.3) is 0 Å². The molecule has 3 aromatic rings. The average Bonchev–Trinajstić information content (AvgIpc) is 3.21. The zero-order chi connectivity index (χ0) is 24.8. The van der Waals surface area contributed by atoms with Crippen LogP contribution in [-0.4, -0.2) is 31.3 Å². The highest BCUT2D eigenvalue weighted by Crippen LogP contribution is 2.40. The Bertz CT molecular complexity index is 1260. The second kappa shape index (κ2) is 12.1. The summed E-state index contributed by atoms with van der Waals surface area (Å²) in [6.45, 7) is 1.86. The first-order valence-electron chi connectivity index (χ1n) is 11.3. The molecule has 35 heavy (non-hydrogen) atoms. The van der Waals surface area contributed by atoms with Gasteiger partial charge in [0.1, 0.15) is 10.8 Å². The summed E-state index contributed by atoms with van der Waals surface area (Å²) in [5, 5.41) is 3.69. The van der Waals surface area contributed by atoms with Crippen molar-refractivity contribution in [2.45, 2.75) is 32.6 Å². The lowest BCUT2D eigenvalue weighted by Gasteiger charge is -2.13. The highest BCUT2D eigenvalue weighted by Gasteiger charge is 2.25. The Hall–Kier alpha value is -2.24. The van der Waals surface area contributed by atoms with Crippen LogP contribution in [0.15, 0.2) is 51.9 Å². The van der Waals surface area contributed by atoms with Crippen molar-refractivity contribution in [2.75, 3.05) is 18.5 Å². The standard InChI is InChI=1S/C26H24BrIN2O4S/c1-2-33-22(31)15-34-24-16(12-17(27)13-20(24)28)14-29-26-23(19-10-6-7-11-21(19)35-26)25(32)30-18-8-4-3-5-9-18/h3-5,8-9,12-14H,2,6-7,10-11,15H2,1H3,(H,30,32). The molecule has 0 spiro atoms. The van der Waals surface area contributed by atoms with E-state index in [1.807, 2.05) is 42.5 Å². The van der Waals surface area contributed by atoms with Crippen LogP contribution in [0.2, 0.25) is 0 Å². The lowest BCUT2D eigenvalue weighted by molar-refractivity contribution is -0.145. The molecule has 0 aliphatic heterocycles. The summed E-state index contributed by atoms with van der Waals surface area (Å²) in [4.78, 5) is 31.2. The molecule has 0 bridgehead atoms. The maximum absolute atomic E-state index is 13.3. The third-order valence-corrected chi connectivity index (χ3v) is 7.87. The number of amides is 1. The Balaban J connectivity index is 1.67. The van der Waals surface area contributed by atoms with Crippen molar-refractivity contribution in [3.05, 3.63) is 72.1 Å². The quantitative estimate of drug-likeness (QED) is 0.161. The van der Waals surface area contributed by atoms with E-state index in [0.717, 1.165) is 45.0 Å². The van der Waals surface area contributed by atoms with Gasteiger partial charge < -0.3 is 14.8 Å². The number of fused-ring (bicyclic) bond motifs is 1. The summed E-state index contributed by atoms with van der Waals surface area (Å²) in [5.74, 6) is -0.0347. The van der Waals surface area contributed by atoms with Crippen LogP contribution in [0.4, 0.5) is 10.7 Å². The first-order chi connectivity index (χ1) is 17.0. The SMILES string of the molecule is CCOC(=O)COc1c(I)cc(Br)cc1C=Nc1sc2c(c1C(=O)Nc1ccccc1)CCCC2. The van der Waals surface area contributed by atoms with E-state index in [9.17, 15) is 9.59 Å². The molecule has 6 nitrogen and oxygen atoms in total. The maximum Gasteiger partial charge on any atom is 0.344 e. The van der Waals surface area contributed by atoms with Gasteiger partial charge in [0.05, 0.1) is 15.7 Å². The third-order valence-electron chi connectivity index (χ3n) is 5.41. The Morgan fingerprint density at radius 2 is 1.97 bits per heavy atom. The van der Waals surface area contributed by atoms with Crippen molar-refractivity contribution in [3.63, 3.8) is 0 Å². The molecule has 0 saturated carbocycles. The molecule has 1 N–H and O–H groups in total. The predicted molar refractivity (Wildman–Crippen MR) is 152 cm³/mol. The molecular weight excluding hydrogens is 643 g/mol. The van der Waals surface area contributed by atoms with E-state index in [4.69, 9.17) is 14.5 Å². The molecule has 9 heteroatoms. The number of anilines is 1. The molecule has 0 saturated heterocycles. The number of halogens is 2. The molecular formula is C26H24BrIN2O4S. The minimum absolute atomic E-state index is 0.148. The number of benzene rings is 2. The number of carbonyl (C=O) groups is 2. The van der Waals surface area contributed by atoms with Crippen LogP contribution in [-0.2, 0) is 22.4 Å². The zero-order valence-corrected chi connectivity index (χ0v) is 23.7. The van der Waals surface area contributed by atoms with Gasteiger partial charge in [0.25, 0.3) is 5.91 Å². The summed E-state index contributed by atoms with van der Waals surface area (Å²) in [6.07, 6.45) is 5.72. The smallest absolute Gasteiger partial charge is 0.344 e. The largest absolute Gasteiger partial charge is 0.480 e. The van der Waals surface area contributed by atoms with Gasteiger partial charge >= 0.3 is 5.97 Å².